The van der Waals surface area contributed by atoms with Gasteiger partial charge in [0.05, 0.1) is 13.0 Å². The van der Waals surface area contributed by atoms with Crippen molar-refractivity contribution in [1.29, 1.82) is 0 Å². The highest BCUT2D eigenvalue weighted by Gasteiger charge is 2.32. The summed E-state index contributed by atoms with van der Waals surface area (Å²) in [6.07, 6.45) is 3.32. The molecule has 0 radical (unpaired) electrons. The number of nitrogens with one attached hydrogen (secondary N) is 1. The lowest BCUT2D eigenvalue weighted by atomic mass is 9.99. The highest BCUT2D eigenvalue weighted by atomic mass is 35.5. The van der Waals surface area contributed by atoms with E-state index in [0.29, 0.717) is 23.4 Å². The molecule has 1 aliphatic rings. The van der Waals surface area contributed by atoms with Crippen LogP contribution in [-0.2, 0) is 24.5 Å². The Morgan fingerprint density at radius 3 is 2.60 bits per heavy atom. The van der Waals surface area contributed by atoms with Crippen molar-refractivity contribution < 1.29 is 22.7 Å². The zero-order valence-electron chi connectivity index (χ0n) is 13.6. The highest BCUT2D eigenvalue weighted by molar-refractivity contribution is 7.87. The first kappa shape index (κ1) is 19.4. The Balaban J connectivity index is 1.92. The average molecular weight is 387 g/mol. The van der Waals surface area contributed by atoms with Crippen molar-refractivity contribution >= 4 is 39.8 Å². The van der Waals surface area contributed by atoms with Gasteiger partial charge in [0, 0.05) is 24.2 Å². The molecule has 25 heavy (non-hydrogen) atoms. The van der Waals surface area contributed by atoms with Crippen LogP contribution in [-0.4, -0.2) is 44.8 Å². The number of amides is 1. The molecule has 9 heteroatoms. The quantitative estimate of drug-likeness (QED) is 0.613. The molecule has 0 saturated carbocycles. The van der Waals surface area contributed by atoms with Crippen molar-refractivity contribution in [3.05, 3.63) is 40.9 Å². The number of carbonyl (C=O) groups excluding carboxylic acids is 2. The number of methoxy groups -OCH3 is 1. The van der Waals surface area contributed by atoms with Gasteiger partial charge in [-0.25, -0.2) is 4.72 Å². The first-order chi connectivity index (χ1) is 11.8. The van der Waals surface area contributed by atoms with Crippen molar-refractivity contribution in [1.82, 2.24) is 9.03 Å². The molecular formula is C16H19ClN2O5S. The van der Waals surface area contributed by atoms with E-state index in [1.54, 1.807) is 24.3 Å². The van der Waals surface area contributed by atoms with E-state index in [1.807, 2.05) is 4.72 Å². The van der Waals surface area contributed by atoms with Crippen LogP contribution in [0, 0.1) is 5.92 Å². The van der Waals surface area contributed by atoms with Gasteiger partial charge in [-0.1, -0.05) is 23.7 Å². The second-order valence-electron chi connectivity index (χ2n) is 5.56. The van der Waals surface area contributed by atoms with Crippen molar-refractivity contribution in [3.8, 4) is 0 Å². The second-order valence-corrected chi connectivity index (χ2v) is 7.66. The highest BCUT2D eigenvalue weighted by Crippen LogP contribution is 2.20. The summed E-state index contributed by atoms with van der Waals surface area (Å²) in [4.78, 5) is 23.3. The minimum atomic E-state index is -3.95. The molecule has 1 aromatic carbocycles. The van der Waals surface area contributed by atoms with Gasteiger partial charge in [-0.15, -0.1) is 0 Å². The Bertz CT molecular complexity index is 770. The van der Waals surface area contributed by atoms with Crippen LogP contribution in [0.15, 0.2) is 30.3 Å². The summed E-state index contributed by atoms with van der Waals surface area (Å²) < 4.78 is 32.3. The SMILES string of the molecule is COC(=O)C1CCN(S(=O)(=O)NC(=O)C=Cc2cccc(Cl)c2)CC1. The third-order valence-electron chi connectivity index (χ3n) is 3.83. The van der Waals surface area contributed by atoms with Gasteiger partial charge in [0.1, 0.15) is 0 Å². The van der Waals surface area contributed by atoms with Crippen molar-refractivity contribution in [2.24, 2.45) is 5.92 Å². The molecule has 1 heterocycles. The lowest BCUT2D eigenvalue weighted by molar-refractivity contribution is -0.146. The van der Waals surface area contributed by atoms with Crippen LogP contribution in [0.5, 0.6) is 0 Å². The van der Waals surface area contributed by atoms with Crippen molar-refractivity contribution in [2.75, 3.05) is 20.2 Å². The van der Waals surface area contributed by atoms with Crippen molar-refractivity contribution in [2.45, 2.75) is 12.8 Å². The van der Waals surface area contributed by atoms with Gasteiger partial charge in [0.15, 0.2) is 0 Å². The van der Waals surface area contributed by atoms with Gasteiger partial charge in [-0.05, 0) is 36.6 Å². The molecule has 0 aliphatic carbocycles. The molecule has 1 N–H and O–H groups in total. The molecule has 1 aromatic rings. The Morgan fingerprint density at radius 1 is 1.32 bits per heavy atom. The predicted octanol–water partition coefficient (Wildman–Crippen LogP) is 1.60. The lowest BCUT2D eigenvalue weighted by Gasteiger charge is -2.29. The number of halogens is 1. The van der Waals surface area contributed by atoms with E-state index in [-0.39, 0.29) is 25.0 Å². The Morgan fingerprint density at radius 2 is 2.00 bits per heavy atom. The summed E-state index contributed by atoms with van der Waals surface area (Å²) in [5, 5.41) is 0.517. The predicted molar refractivity (Wildman–Crippen MR) is 93.9 cm³/mol. The zero-order valence-corrected chi connectivity index (χ0v) is 15.2. The first-order valence-electron chi connectivity index (χ1n) is 7.65. The average Bonchev–Trinajstić information content (AvgIpc) is 2.59. The molecule has 136 valence electrons. The third kappa shape index (κ3) is 5.55. The van der Waals surface area contributed by atoms with E-state index in [0.717, 1.165) is 10.4 Å². The summed E-state index contributed by atoms with van der Waals surface area (Å²) in [6, 6.07) is 6.81. The van der Waals surface area contributed by atoms with Crippen LogP contribution in [0.2, 0.25) is 5.02 Å². The fourth-order valence-electron chi connectivity index (χ4n) is 2.51. The normalized spacial score (nSPS) is 16.7. The topological polar surface area (TPSA) is 92.8 Å². The van der Waals surface area contributed by atoms with Gasteiger partial charge in [-0.2, -0.15) is 12.7 Å². The maximum atomic E-state index is 12.2. The molecular weight excluding hydrogens is 368 g/mol. The Hall–Kier alpha value is -1.90. The van der Waals surface area contributed by atoms with E-state index in [1.165, 1.54) is 13.2 Å². The van der Waals surface area contributed by atoms with Crippen molar-refractivity contribution in [3.63, 3.8) is 0 Å². The van der Waals surface area contributed by atoms with E-state index in [2.05, 4.69) is 4.74 Å². The fraction of sp³-hybridized carbons (Fsp3) is 0.375. The standard InChI is InChI=1S/C16H19ClN2O5S/c1-24-16(21)13-7-9-19(10-8-13)25(22,23)18-15(20)6-5-12-3-2-4-14(17)11-12/h2-6,11,13H,7-10H2,1H3,(H,18,20). The third-order valence-corrected chi connectivity index (χ3v) is 5.57. The Labute approximate surface area is 151 Å². The number of esters is 1. The molecule has 1 saturated heterocycles. The molecule has 1 aliphatic heterocycles. The van der Waals surface area contributed by atoms with Gasteiger partial charge in [-0.3, -0.25) is 9.59 Å². The number of nitrogens with zero attached hydrogens (tertiary/aromatic N) is 1. The summed E-state index contributed by atoms with van der Waals surface area (Å²) in [5.41, 5.74) is 0.680. The number of rotatable bonds is 5. The van der Waals surface area contributed by atoms with Gasteiger partial charge in [0.25, 0.3) is 5.91 Å². The summed E-state index contributed by atoms with van der Waals surface area (Å²) in [7, 11) is -2.64. The minimum absolute atomic E-state index is 0.153. The van der Waals surface area contributed by atoms with Crippen LogP contribution >= 0.6 is 11.6 Å². The monoisotopic (exact) mass is 386 g/mol. The van der Waals surface area contributed by atoms with Gasteiger partial charge >= 0.3 is 16.2 Å². The summed E-state index contributed by atoms with van der Waals surface area (Å²) in [6.45, 7) is 0.306. The van der Waals surface area contributed by atoms with Gasteiger partial charge in [0.2, 0.25) is 0 Å². The largest absolute Gasteiger partial charge is 0.469 e. The zero-order chi connectivity index (χ0) is 18.4. The minimum Gasteiger partial charge on any atom is -0.469 e. The van der Waals surface area contributed by atoms with Crippen LogP contribution < -0.4 is 4.72 Å². The molecule has 0 unspecified atom stereocenters. The molecule has 1 amide bonds. The second kappa shape index (κ2) is 8.46. The summed E-state index contributed by atoms with van der Waals surface area (Å²) >= 11 is 5.84. The van der Waals surface area contributed by atoms with Crippen LogP contribution in [0.1, 0.15) is 18.4 Å². The number of benzene rings is 1. The molecule has 0 bridgehead atoms. The van der Waals surface area contributed by atoms with E-state index < -0.39 is 16.1 Å². The summed E-state index contributed by atoms with van der Waals surface area (Å²) in [5.74, 6) is -1.41. The van der Waals surface area contributed by atoms with E-state index in [9.17, 15) is 18.0 Å². The molecule has 7 nitrogen and oxygen atoms in total. The molecule has 0 atom stereocenters. The molecule has 0 aromatic heterocycles. The van der Waals surface area contributed by atoms with Crippen LogP contribution in [0.4, 0.5) is 0 Å². The first-order valence-corrected chi connectivity index (χ1v) is 9.47. The molecule has 2 rings (SSSR count). The fourth-order valence-corrected chi connectivity index (χ4v) is 3.85. The number of piperidine rings is 1. The van der Waals surface area contributed by atoms with E-state index in [4.69, 9.17) is 11.6 Å². The Kier molecular flexibility index (Phi) is 6.57. The van der Waals surface area contributed by atoms with Crippen LogP contribution in [0.3, 0.4) is 0 Å². The smallest absolute Gasteiger partial charge is 0.308 e. The lowest BCUT2D eigenvalue weighted by Crippen LogP contribution is -2.47. The number of hydrogen-bond donors (Lipinski definition) is 1. The van der Waals surface area contributed by atoms with Gasteiger partial charge < -0.3 is 4.74 Å². The number of ether oxygens (including phenoxy) is 1. The molecule has 0 spiro atoms. The number of carbonyl (C=O) groups is 2. The molecule has 1 fully saturated rings. The maximum Gasteiger partial charge on any atom is 0.308 e. The van der Waals surface area contributed by atoms with Crippen LogP contribution in [0.25, 0.3) is 6.08 Å². The maximum absolute atomic E-state index is 12.2. The van der Waals surface area contributed by atoms with E-state index >= 15 is 0 Å². The number of hydrogen-bond acceptors (Lipinski definition) is 5.